The molecule has 0 aliphatic rings. The van der Waals surface area contributed by atoms with E-state index in [9.17, 15) is 17.2 Å². The molecule has 4 nitrogen and oxygen atoms in total. The van der Waals surface area contributed by atoms with Crippen molar-refractivity contribution in [1.29, 1.82) is 0 Å². The zero-order valence-corrected chi connectivity index (χ0v) is 16.9. The summed E-state index contributed by atoms with van der Waals surface area (Å²) in [5, 5.41) is 5.28. The zero-order chi connectivity index (χ0) is 20.6. The minimum Gasteiger partial charge on any atom is -0.495 e. The second-order valence-corrected chi connectivity index (χ2v) is 8.28. The summed E-state index contributed by atoms with van der Waals surface area (Å²) in [4.78, 5) is -0.623. The van der Waals surface area contributed by atoms with Gasteiger partial charge in [0.2, 0.25) is 10.0 Å². The lowest BCUT2D eigenvalue weighted by atomic mass is 10.00. The number of ether oxygens (including phenoxy) is 1. The Kier molecular flexibility index (Phi) is 5.67. The van der Waals surface area contributed by atoms with E-state index in [1.807, 2.05) is 0 Å². The molecular formula is C19H14ClF2NO3S2. The van der Waals surface area contributed by atoms with Crippen LogP contribution >= 0.6 is 24.2 Å². The van der Waals surface area contributed by atoms with Crippen LogP contribution in [0.25, 0.3) is 22.3 Å². The van der Waals surface area contributed by atoms with Gasteiger partial charge in [-0.2, -0.15) is 0 Å². The van der Waals surface area contributed by atoms with Gasteiger partial charge >= 0.3 is 0 Å². The summed E-state index contributed by atoms with van der Waals surface area (Å²) in [6.45, 7) is 0. The van der Waals surface area contributed by atoms with E-state index >= 15 is 0 Å². The molecule has 0 spiro atoms. The van der Waals surface area contributed by atoms with E-state index in [0.29, 0.717) is 21.2 Å². The molecule has 0 saturated heterocycles. The fraction of sp³-hybridized carbons (Fsp3) is 0.0526. The fourth-order valence-electron chi connectivity index (χ4n) is 2.79. The molecular weight excluding hydrogens is 428 g/mol. The molecule has 3 rings (SSSR count). The lowest BCUT2D eigenvalue weighted by Crippen LogP contribution is -2.16. The van der Waals surface area contributed by atoms with Crippen molar-refractivity contribution in [1.82, 2.24) is 0 Å². The van der Waals surface area contributed by atoms with Gasteiger partial charge < -0.3 is 4.74 Å². The first kappa shape index (κ1) is 20.6. The topological polar surface area (TPSA) is 69.4 Å². The smallest absolute Gasteiger partial charge is 0.243 e. The highest BCUT2D eigenvalue weighted by Crippen LogP contribution is 2.36. The van der Waals surface area contributed by atoms with Crippen LogP contribution in [0.2, 0.25) is 5.02 Å². The second kappa shape index (κ2) is 7.71. The Hall–Kier alpha value is -2.13. The van der Waals surface area contributed by atoms with Gasteiger partial charge in [-0.05, 0) is 52.6 Å². The summed E-state index contributed by atoms with van der Waals surface area (Å²) in [6.07, 6.45) is 0. The molecule has 28 heavy (non-hydrogen) atoms. The van der Waals surface area contributed by atoms with Crippen molar-refractivity contribution in [2.24, 2.45) is 5.14 Å². The maximum atomic E-state index is 14.1. The van der Waals surface area contributed by atoms with Gasteiger partial charge in [-0.25, -0.2) is 22.3 Å². The number of hydrogen-bond acceptors (Lipinski definition) is 4. The van der Waals surface area contributed by atoms with Crippen LogP contribution in [0.15, 0.2) is 58.3 Å². The molecule has 0 aliphatic heterocycles. The van der Waals surface area contributed by atoms with Crippen molar-refractivity contribution >= 4 is 34.3 Å². The van der Waals surface area contributed by atoms with E-state index in [1.54, 1.807) is 36.4 Å². The van der Waals surface area contributed by atoms with Gasteiger partial charge in [-0.3, -0.25) is 0 Å². The Balaban J connectivity index is 2.05. The Morgan fingerprint density at radius 1 is 0.964 bits per heavy atom. The first-order chi connectivity index (χ1) is 13.1. The molecule has 0 unspecified atom stereocenters. The van der Waals surface area contributed by atoms with Crippen molar-refractivity contribution in [2.45, 2.75) is 9.79 Å². The Morgan fingerprint density at radius 2 is 1.57 bits per heavy atom. The van der Waals surface area contributed by atoms with E-state index in [2.05, 4.69) is 12.6 Å². The standard InChI is InChI=1S/C19H14ClF2NO3S2/c1-26-17-5-3-11(6-14(17)20)13-4-2-10(9-18(13)27)12-7-15(21)19(16(22)8-12)28(23,24)25/h2-9,27H,1H3,(H2,23,24,25). The summed E-state index contributed by atoms with van der Waals surface area (Å²) < 4.78 is 56.0. The van der Waals surface area contributed by atoms with E-state index < -0.39 is 26.6 Å². The average molecular weight is 442 g/mol. The minimum absolute atomic E-state index is 0.150. The summed E-state index contributed by atoms with van der Waals surface area (Å²) in [7, 11) is -3.00. The molecule has 0 atom stereocenters. The number of sulfonamides is 1. The number of benzene rings is 3. The Morgan fingerprint density at radius 3 is 2.07 bits per heavy atom. The highest BCUT2D eigenvalue weighted by atomic mass is 35.5. The molecule has 0 aliphatic carbocycles. The predicted molar refractivity (Wildman–Crippen MR) is 107 cm³/mol. The number of nitrogens with two attached hydrogens (primary N) is 1. The van der Waals surface area contributed by atoms with E-state index in [0.717, 1.165) is 23.3 Å². The highest BCUT2D eigenvalue weighted by molar-refractivity contribution is 7.89. The maximum Gasteiger partial charge on any atom is 0.243 e. The second-order valence-electron chi connectivity index (χ2n) is 5.90. The van der Waals surface area contributed by atoms with Crippen LogP contribution in [-0.4, -0.2) is 15.5 Å². The van der Waals surface area contributed by atoms with Crippen LogP contribution in [0.1, 0.15) is 0 Å². The molecule has 3 aromatic carbocycles. The van der Waals surface area contributed by atoms with Crippen LogP contribution < -0.4 is 9.88 Å². The third kappa shape index (κ3) is 4.00. The molecule has 0 bridgehead atoms. The molecule has 9 heteroatoms. The van der Waals surface area contributed by atoms with E-state index in [-0.39, 0.29) is 5.56 Å². The molecule has 2 N–H and O–H groups in total. The molecule has 0 saturated carbocycles. The number of thiol groups is 1. The number of hydrogen-bond donors (Lipinski definition) is 2. The minimum atomic E-state index is -4.51. The van der Waals surface area contributed by atoms with Gasteiger partial charge in [-0.1, -0.05) is 29.8 Å². The number of halogens is 3. The van der Waals surface area contributed by atoms with Crippen molar-refractivity contribution < 1.29 is 21.9 Å². The van der Waals surface area contributed by atoms with Crippen LogP contribution in [0, 0.1) is 11.6 Å². The first-order valence-corrected chi connectivity index (χ1v) is 10.2. The van der Waals surface area contributed by atoms with Gasteiger partial charge in [0, 0.05) is 4.90 Å². The quantitative estimate of drug-likeness (QED) is 0.566. The van der Waals surface area contributed by atoms with Gasteiger partial charge in [0.05, 0.1) is 12.1 Å². The van der Waals surface area contributed by atoms with Crippen LogP contribution in [0.3, 0.4) is 0 Å². The summed E-state index contributed by atoms with van der Waals surface area (Å²) in [5.41, 5.74) is 2.13. The maximum absolute atomic E-state index is 14.1. The highest BCUT2D eigenvalue weighted by Gasteiger charge is 2.21. The first-order valence-electron chi connectivity index (χ1n) is 7.81. The SMILES string of the molecule is COc1ccc(-c2ccc(-c3cc(F)c(S(N)(=O)=O)c(F)c3)cc2S)cc1Cl. The van der Waals surface area contributed by atoms with Crippen LogP contribution in [0.5, 0.6) is 5.75 Å². The van der Waals surface area contributed by atoms with Crippen LogP contribution in [0.4, 0.5) is 8.78 Å². The molecule has 3 aromatic rings. The van der Waals surface area contributed by atoms with Gasteiger partial charge in [-0.15, -0.1) is 12.6 Å². The van der Waals surface area contributed by atoms with Gasteiger partial charge in [0.1, 0.15) is 17.4 Å². The Bertz CT molecular complexity index is 1160. The van der Waals surface area contributed by atoms with E-state index in [4.69, 9.17) is 21.5 Å². The third-order valence-electron chi connectivity index (χ3n) is 4.08. The lowest BCUT2D eigenvalue weighted by molar-refractivity contribution is 0.415. The normalized spacial score (nSPS) is 11.5. The molecule has 0 radical (unpaired) electrons. The number of primary sulfonamides is 1. The van der Waals surface area contributed by atoms with Crippen molar-refractivity contribution in [3.8, 4) is 28.0 Å². The van der Waals surface area contributed by atoms with Crippen LogP contribution in [-0.2, 0) is 10.0 Å². The third-order valence-corrected chi connectivity index (χ3v) is 5.70. The monoisotopic (exact) mass is 441 g/mol. The van der Waals surface area contributed by atoms with Gasteiger partial charge in [0.15, 0.2) is 4.90 Å². The van der Waals surface area contributed by atoms with Crippen molar-refractivity contribution in [3.63, 3.8) is 0 Å². The fourth-order valence-corrected chi connectivity index (χ4v) is 4.05. The molecule has 0 heterocycles. The van der Waals surface area contributed by atoms with Crippen molar-refractivity contribution in [3.05, 3.63) is 65.2 Å². The summed E-state index contributed by atoms with van der Waals surface area (Å²) >= 11 is 10.6. The molecule has 0 aromatic heterocycles. The van der Waals surface area contributed by atoms with Gasteiger partial charge in [0.25, 0.3) is 0 Å². The summed E-state index contributed by atoms with van der Waals surface area (Å²) in [5.74, 6) is -1.99. The molecule has 146 valence electrons. The number of rotatable bonds is 4. The molecule has 0 fully saturated rings. The van der Waals surface area contributed by atoms with E-state index in [1.165, 1.54) is 7.11 Å². The molecule has 0 amide bonds. The number of methoxy groups -OCH3 is 1. The average Bonchev–Trinajstić information content (AvgIpc) is 2.59. The predicted octanol–water partition coefficient (Wildman–Crippen LogP) is 4.90. The Labute approximate surface area is 171 Å². The zero-order valence-electron chi connectivity index (χ0n) is 14.4. The van der Waals surface area contributed by atoms with Crippen molar-refractivity contribution in [2.75, 3.05) is 7.11 Å². The largest absolute Gasteiger partial charge is 0.495 e. The lowest BCUT2D eigenvalue weighted by Gasteiger charge is -2.11. The summed E-state index contributed by atoms with van der Waals surface area (Å²) in [6, 6.07) is 12.0.